The minimum Gasteiger partial charge on any atom is -0.443 e. The zero-order valence-electron chi connectivity index (χ0n) is 19.5. The van der Waals surface area contributed by atoms with E-state index in [0.29, 0.717) is 17.1 Å². The lowest BCUT2D eigenvalue weighted by molar-refractivity contribution is 0.0357. The second-order valence-corrected chi connectivity index (χ2v) is 8.25. The summed E-state index contributed by atoms with van der Waals surface area (Å²) in [6.45, 7) is 15.0. The summed E-state index contributed by atoms with van der Waals surface area (Å²) in [7, 11) is 1.64. The van der Waals surface area contributed by atoms with Crippen LogP contribution < -0.4 is 0 Å². The average Bonchev–Trinajstić information content (AvgIpc) is 2.75. The second kappa shape index (κ2) is 11.0. The zero-order chi connectivity index (χ0) is 23.7. The number of carbonyl (C=O) groups excluding carboxylic acids is 1. The summed E-state index contributed by atoms with van der Waals surface area (Å²) in [5, 5.41) is 0. The van der Waals surface area contributed by atoms with Crippen LogP contribution in [0.3, 0.4) is 0 Å². The first-order chi connectivity index (χ1) is 15.1. The minimum atomic E-state index is -0.597. The largest absolute Gasteiger partial charge is 0.443 e. The van der Waals surface area contributed by atoms with Gasteiger partial charge in [0.1, 0.15) is 5.60 Å². The Kier molecular flexibility index (Phi) is 8.47. The van der Waals surface area contributed by atoms with Gasteiger partial charge in [-0.05, 0) is 52.1 Å². The van der Waals surface area contributed by atoms with Crippen LogP contribution in [0.5, 0.6) is 0 Å². The van der Waals surface area contributed by atoms with Crippen molar-refractivity contribution in [2.45, 2.75) is 33.3 Å². The molecule has 2 aromatic rings. The van der Waals surface area contributed by atoms with Gasteiger partial charge in [-0.1, -0.05) is 67.2 Å². The molecule has 2 rings (SSSR count). The number of hydrogen-bond donors (Lipinski definition) is 0. The van der Waals surface area contributed by atoms with Crippen LogP contribution in [0.2, 0.25) is 0 Å². The number of hydrogen-bond acceptors (Lipinski definition) is 4. The van der Waals surface area contributed by atoms with Gasteiger partial charge >= 0.3 is 6.09 Å². The van der Waals surface area contributed by atoms with E-state index in [2.05, 4.69) is 18.3 Å². The van der Waals surface area contributed by atoms with Gasteiger partial charge in [0.25, 0.3) is 0 Å². The lowest BCUT2D eigenvalue weighted by Crippen LogP contribution is -2.34. The summed E-state index contributed by atoms with van der Waals surface area (Å²) in [6.07, 6.45) is 2.99. The Balaban J connectivity index is 2.48. The van der Waals surface area contributed by atoms with Crippen molar-refractivity contribution in [2.24, 2.45) is 9.98 Å². The highest BCUT2D eigenvalue weighted by Crippen LogP contribution is 2.18. The molecule has 0 aromatic heterocycles. The van der Waals surface area contributed by atoms with Crippen molar-refractivity contribution >= 4 is 18.5 Å². The summed E-state index contributed by atoms with van der Waals surface area (Å²) >= 11 is 0. The summed E-state index contributed by atoms with van der Waals surface area (Å²) < 4.78 is 5.47. The van der Waals surface area contributed by atoms with E-state index in [9.17, 15) is 4.79 Å². The summed E-state index contributed by atoms with van der Waals surface area (Å²) in [6, 6.07) is 19.8. The zero-order valence-corrected chi connectivity index (χ0v) is 19.5. The number of allylic oxidation sites excluding steroid dienone is 3. The van der Waals surface area contributed by atoms with E-state index in [-0.39, 0.29) is 0 Å². The summed E-state index contributed by atoms with van der Waals surface area (Å²) in [5.41, 5.74) is 3.40. The number of aliphatic imine (C=N–C) groups is 2. The average molecular weight is 430 g/mol. The highest BCUT2D eigenvalue weighted by molar-refractivity contribution is 6.13. The van der Waals surface area contributed by atoms with Gasteiger partial charge in [-0.2, -0.15) is 0 Å². The quantitative estimate of drug-likeness (QED) is 0.378. The maximum absolute atomic E-state index is 12.5. The lowest BCUT2D eigenvalue weighted by Gasteiger charge is -2.26. The molecule has 5 nitrogen and oxygen atoms in total. The first-order valence-corrected chi connectivity index (χ1v) is 10.3. The normalized spacial score (nSPS) is 12.0. The molecule has 32 heavy (non-hydrogen) atoms. The van der Waals surface area contributed by atoms with E-state index in [1.165, 1.54) is 4.90 Å². The van der Waals surface area contributed by atoms with Crippen molar-refractivity contribution in [1.82, 2.24) is 4.90 Å². The smallest absolute Gasteiger partial charge is 0.414 e. The van der Waals surface area contributed by atoms with E-state index in [1.54, 1.807) is 19.2 Å². The third kappa shape index (κ3) is 7.20. The van der Waals surface area contributed by atoms with E-state index in [4.69, 9.17) is 9.73 Å². The van der Waals surface area contributed by atoms with Crippen LogP contribution in [0.15, 0.2) is 106 Å². The molecule has 0 saturated carbocycles. The maximum atomic E-state index is 12.5. The van der Waals surface area contributed by atoms with Crippen LogP contribution in [0.1, 0.15) is 38.8 Å². The summed E-state index contributed by atoms with van der Waals surface area (Å²) in [4.78, 5) is 22.8. The Bertz CT molecular complexity index is 1000. The molecule has 5 heteroatoms. The van der Waals surface area contributed by atoms with Gasteiger partial charge in [-0.3, -0.25) is 4.90 Å². The molecule has 1 amide bonds. The van der Waals surface area contributed by atoms with Crippen LogP contribution in [0, 0.1) is 0 Å². The molecule has 0 saturated heterocycles. The molecule has 0 radical (unpaired) electrons. The Morgan fingerprint density at radius 1 is 0.969 bits per heavy atom. The van der Waals surface area contributed by atoms with Gasteiger partial charge in [0.15, 0.2) is 5.82 Å². The molecule has 166 valence electrons. The topological polar surface area (TPSA) is 54.3 Å². The number of amides is 1. The van der Waals surface area contributed by atoms with Crippen LogP contribution in [0.25, 0.3) is 0 Å². The fourth-order valence-corrected chi connectivity index (χ4v) is 2.85. The highest BCUT2D eigenvalue weighted by atomic mass is 16.6. The Labute approximate surface area is 191 Å². The van der Waals surface area contributed by atoms with E-state index < -0.39 is 11.7 Å². The number of benzene rings is 2. The molecule has 2 aromatic carbocycles. The first-order valence-electron chi connectivity index (χ1n) is 10.3. The van der Waals surface area contributed by atoms with Gasteiger partial charge in [0.2, 0.25) is 0 Å². The number of likely N-dealkylation sites (N-methyl/N-ethyl adjacent to an activating group) is 1. The molecule has 0 aliphatic heterocycles. The lowest BCUT2D eigenvalue weighted by atomic mass is 10.0. The van der Waals surface area contributed by atoms with Gasteiger partial charge in [-0.25, -0.2) is 14.8 Å². The molecule has 0 fully saturated rings. The third-order valence-electron chi connectivity index (χ3n) is 4.34. The van der Waals surface area contributed by atoms with Crippen molar-refractivity contribution in [2.75, 3.05) is 7.05 Å². The summed E-state index contributed by atoms with van der Waals surface area (Å²) in [5.74, 6) is 0.407. The SMILES string of the molecule is C=N/C(=C\C=C(/C(=C)C)N(C)C(=O)OC(C)(C)C)N=C(c1ccccc1)c1ccccc1. The van der Waals surface area contributed by atoms with Crippen molar-refractivity contribution < 1.29 is 9.53 Å². The first kappa shape index (κ1) is 24.5. The molecule has 0 aliphatic rings. The van der Waals surface area contributed by atoms with Crippen LogP contribution >= 0.6 is 0 Å². The fourth-order valence-electron chi connectivity index (χ4n) is 2.85. The van der Waals surface area contributed by atoms with E-state index in [1.807, 2.05) is 88.4 Å². The van der Waals surface area contributed by atoms with Crippen molar-refractivity contribution in [3.63, 3.8) is 0 Å². The van der Waals surface area contributed by atoms with Gasteiger partial charge in [-0.15, -0.1) is 0 Å². The number of carbonyl (C=O) groups is 1. The van der Waals surface area contributed by atoms with E-state index in [0.717, 1.165) is 16.8 Å². The molecular weight excluding hydrogens is 398 g/mol. The molecule has 0 bridgehead atoms. The number of nitrogens with zero attached hydrogens (tertiary/aromatic N) is 3. The predicted molar refractivity (Wildman–Crippen MR) is 133 cm³/mol. The highest BCUT2D eigenvalue weighted by Gasteiger charge is 2.22. The Hall–Kier alpha value is -3.73. The number of ether oxygens (including phenoxy) is 1. The molecular formula is C27H31N3O2. The molecule has 0 aliphatic carbocycles. The molecule has 0 unspecified atom stereocenters. The minimum absolute atomic E-state index is 0.407. The molecule has 0 atom stereocenters. The molecule has 0 spiro atoms. The molecule has 0 N–H and O–H groups in total. The van der Waals surface area contributed by atoms with Gasteiger partial charge in [0, 0.05) is 23.9 Å². The Morgan fingerprint density at radius 3 is 1.88 bits per heavy atom. The van der Waals surface area contributed by atoms with Crippen LogP contribution in [-0.2, 0) is 4.74 Å². The maximum Gasteiger partial charge on any atom is 0.414 e. The van der Waals surface area contributed by atoms with Crippen molar-refractivity contribution in [3.05, 3.63) is 108 Å². The number of rotatable bonds is 7. The van der Waals surface area contributed by atoms with E-state index >= 15 is 0 Å². The van der Waals surface area contributed by atoms with Crippen molar-refractivity contribution in [1.29, 1.82) is 0 Å². The third-order valence-corrected chi connectivity index (χ3v) is 4.34. The predicted octanol–water partition coefficient (Wildman–Crippen LogP) is 6.39. The standard InChI is InChI=1S/C27H31N3O2/c1-20(2)23(30(7)26(31)32-27(3,4)5)18-19-24(28-6)29-25(21-14-10-8-11-15-21)22-16-12-9-13-17-22/h8-19H,1,6H2,2-5,7H3/b23-18+,24-19+. The Morgan fingerprint density at radius 2 is 1.47 bits per heavy atom. The van der Waals surface area contributed by atoms with Crippen LogP contribution in [-0.4, -0.2) is 36.1 Å². The molecule has 0 heterocycles. The fraction of sp³-hybridized carbons (Fsp3) is 0.222. The monoisotopic (exact) mass is 429 g/mol. The van der Waals surface area contributed by atoms with Crippen LogP contribution in [0.4, 0.5) is 4.79 Å². The van der Waals surface area contributed by atoms with Gasteiger partial charge in [0.05, 0.1) is 5.71 Å². The van der Waals surface area contributed by atoms with Gasteiger partial charge < -0.3 is 4.74 Å². The second-order valence-electron chi connectivity index (χ2n) is 8.25. The van der Waals surface area contributed by atoms with Crippen molar-refractivity contribution in [3.8, 4) is 0 Å².